The number of halogens is 1. The summed E-state index contributed by atoms with van der Waals surface area (Å²) in [5.41, 5.74) is 1.88. The van der Waals surface area contributed by atoms with Crippen LogP contribution in [-0.2, 0) is 13.1 Å². The van der Waals surface area contributed by atoms with E-state index < -0.39 is 0 Å². The lowest BCUT2D eigenvalue weighted by Crippen LogP contribution is -2.36. The van der Waals surface area contributed by atoms with Crippen LogP contribution >= 0.6 is 35.3 Å². The lowest BCUT2D eigenvalue weighted by atomic mass is 10.2. The highest BCUT2D eigenvalue weighted by Crippen LogP contribution is 2.32. The number of guanidine groups is 1. The normalized spacial score (nSPS) is 12.5. The number of rotatable bonds is 6. The van der Waals surface area contributed by atoms with Crippen molar-refractivity contribution in [1.29, 1.82) is 0 Å². The Hall–Kier alpha value is -2.27. The molecule has 0 saturated carbocycles. The van der Waals surface area contributed by atoms with Crippen molar-refractivity contribution in [1.82, 2.24) is 15.6 Å². The number of hydrogen-bond acceptors (Lipinski definition) is 6. The van der Waals surface area contributed by atoms with Crippen molar-refractivity contribution in [2.75, 3.05) is 13.3 Å². The van der Waals surface area contributed by atoms with Gasteiger partial charge in [0.2, 0.25) is 12.7 Å². The maximum atomic E-state index is 5.55. The number of benzene rings is 1. The summed E-state index contributed by atoms with van der Waals surface area (Å²) < 4.78 is 16.3. The van der Waals surface area contributed by atoms with Gasteiger partial charge in [0.15, 0.2) is 17.5 Å². The molecule has 1 aliphatic heterocycles. The van der Waals surface area contributed by atoms with Gasteiger partial charge >= 0.3 is 0 Å². The highest BCUT2D eigenvalue weighted by atomic mass is 127. The van der Waals surface area contributed by atoms with Crippen molar-refractivity contribution in [2.45, 2.75) is 20.0 Å². The van der Waals surface area contributed by atoms with Gasteiger partial charge in [-0.25, -0.2) is 9.98 Å². The predicted molar refractivity (Wildman–Crippen MR) is 119 cm³/mol. The third-order valence-electron chi connectivity index (χ3n) is 3.92. The molecule has 2 aromatic heterocycles. The summed E-state index contributed by atoms with van der Waals surface area (Å²) in [7, 11) is 0. The predicted octanol–water partition coefficient (Wildman–Crippen LogP) is 4.01. The number of fused-ring (bicyclic) bond motifs is 1. The Morgan fingerprint density at radius 2 is 2.11 bits per heavy atom. The molecular formula is C19H21IN4O3S. The Morgan fingerprint density at radius 3 is 2.93 bits per heavy atom. The molecule has 3 aromatic rings. The average Bonchev–Trinajstić information content (AvgIpc) is 3.44. The molecule has 9 heteroatoms. The van der Waals surface area contributed by atoms with E-state index in [4.69, 9.17) is 13.9 Å². The van der Waals surface area contributed by atoms with Gasteiger partial charge in [0.25, 0.3) is 0 Å². The van der Waals surface area contributed by atoms with E-state index >= 15 is 0 Å². The van der Waals surface area contributed by atoms with E-state index in [0.717, 1.165) is 40.1 Å². The number of aliphatic imine (C=N–C) groups is 1. The molecule has 0 radical (unpaired) electrons. The van der Waals surface area contributed by atoms with E-state index in [-0.39, 0.29) is 30.8 Å². The highest BCUT2D eigenvalue weighted by molar-refractivity contribution is 14.0. The van der Waals surface area contributed by atoms with Gasteiger partial charge < -0.3 is 24.5 Å². The first-order chi connectivity index (χ1) is 13.3. The van der Waals surface area contributed by atoms with Crippen LogP contribution < -0.4 is 20.1 Å². The van der Waals surface area contributed by atoms with Gasteiger partial charge in [0.1, 0.15) is 6.26 Å². The molecule has 1 aromatic carbocycles. The quantitative estimate of drug-likeness (QED) is 0.295. The van der Waals surface area contributed by atoms with E-state index in [1.165, 1.54) is 0 Å². The number of nitrogens with zero attached hydrogens (tertiary/aromatic N) is 2. The molecule has 0 saturated heterocycles. The Labute approximate surface area is 184 Å². The zero-order valence-electron chi connectivity index (χ0n) is 15.3. The van der Waals surface area contributed by atoms with Gasteiger partial charge in [0, 0.05) is 6.54 Å². The summed E-state index contributed by atoms with van der Waals surface area (Å²) in [6.45, 7) is 4.14. The number of nitrogens with one attached hydrogen (secondary N) is 2. The number of thiophene rings is 1. The van der Waals surface area contributed by atoms with Gasteiger partial charge in [-0.2, -0.15) is 0 Å². The summed E-state index contributed by atoms with van der Waals surface area (Å²) in [5, 5.41) is 8.52. The standard InChI is InChI=1S/C19H20N4O3S.HI/c1-2-20-19(21-9-13-5-6-15-16(8-13)26-12-25-15)22-10-14-11-24-18(23-14)17-4-3-7-27-17;/h3-8,11H,2,9-10,12H2,1H3,(H2,20,21,22);1H. The summed E-state index contributed by atoms with van der Waals surface area (Å²) in [6.07, 6.45) is 1.67. The van der Waals surface area contributed by atoms with E-state index in [1.807, 2.05) is 42.6 Å². The summed E-state index contributed by atoms with van der Waals surface area (Å²) in [4.78, 5) is 10.2. The fourth-order valence-corrected chi connectivity index (χ4v) is 3.28. The van der Waals surface area contributed by atoms with Crippen LogP contribution in [0.5, 0.6) is 11.5 Å². The number of oxazole rings is 1. The van der Waals surface area contributed by atoms with Crippen LogP contribution in [0.15, 0.2) is 51.4 Å². The van der Waals surface area contributed by atoms with E-state index in [9.17, 15) is 0 Å². The molecule has 0 bridgehead atoms. The monoisotopic (exact) mass is 512 g/mol. The number of hydrogen-bond donors (Lipinski definition) is 2. The van der Waals surface area contributed by atoms with Crippen LogP contribution in [0.2, 0.25) is 0 Å². The average molecular weight is 512 g/mol. The van der Waals surface area contributed by atoms with Crippen LogP contribution in [-0.4, -0.2) is 24.3 Å². The van der Waals surface area contributed by atoms with Gasteiger partial charge in [-0.3, -0.25) is 0 Å². The molecule has 7 nitrogen and oxygen atoms in total. The zero-order chi connectivity index (χ0) is 18.5. The molecule has 28 heavy (non-hydrogen) atoms. The van der Waals surface area contributed by atoms with E-state index in [0.29, 0.717) is 19.0 Å². The fraction of sp³-hybridized carbons (Fsp3) is 0.263. The molecule has 4 rings (SSSR count). The molecule has 0 atom stereocenters. The molecular weight excluding hydrogens is 491 g/mol. The Morgan fingerprint density at radius 1 is 1.21 bits per heavy atom. The topological polar surface area (TPSA) is 80.9 Å². The molecule has 0 amide bonds. The Kier molecular flexibility index (Phi) is 7.15. The van der Waals surface area contributed by atoms with Crippen molar-refractivity contribution in [3.05, 3.63) is 53.2 Å². The van der Waals surface area contributed by atoms with Crippen molar-refractivity contribution < 1.29 is 13.9 Å². The molecule has 0 unspecified atom stereocenters. The van der Waals surface area contributed by atoms with Crippen molar-refractivity contribution in [3.8, 4) is 22.3 Å². The summed E-state index contributed by atoms with van der Waals surface area (Å²) >= 11 is 1.60. The minimum absolute atomic E-state index is 0. The van der Waals surface area contributed by atoms with Crippen LogP contribution in [0, 0.1) is 0 Å². The first-order valence-electron chi connectivity index (χ1n) is 8.71. The minimum atomic E-state index is 0. The van der Waals surface area contributed by atoms with Crippen LogP contribution in [0.25, 0.3) is 10.8 Å². The first-order valence-corrected chi connectivity index (χ1v) is 9.59. The van der Waals surface area contributed by atoms with Gasteiger partial charge in [0.05, 0.1) is 23.7 Å². The van der Waals surface area contributed by atoms with Crippen LogP contribution in [0.1, 0.15) is 18.2 Å². The van der Waals surface area contributed by atoms with Crippen molar-refractivity contribution in [3.63, 3.8) is 0 Å². The third-order valence-corrected chi connectivity index (χ3v) is 4.78. The minimum Gasteiger partial charge on any atom is -0.454 e. The molecule has 1 aliphatic rings. The van der Waals surface area contributed by atoms with Gasteiger partial charge in [-0.15, -0.1) is 35.3 Å². The molecule has 148 valence electrons. The molecule has 0 aliphatic carbocycles. The van der Waals surface area contributed by atoms with Gasteiger partial charge in [-0.1, -0.05) is 12.1 Å². The molecule has 2 N–H and O–H groups in total. The van der Waals surface area contributed by atoms with Crippen molar-refractivity contribution in [2.24, 2.45) is 4.99 Å². The lowest BCUT2D eigenvalue weighted by molar-refractivity contribution is 0.174. The third kappa shape index (κ3) is 4.96. The highest BCUT2D eigenvalue weighted by Gasteiger charge is 2.13. The SMILES string of the molecule is CCNC(=NCc1ccc2c(c1)OCO2)NCc1coc(-c2cccs2)n1.I. The maximum Gasteiger partial charge on any atom is 0.236 e. The van der Waals surface area contributed by atoms with Crippen LogP contribution in [0.3, 0.4) is 0 Å². The maximum absolute atomic E-state index is 5.55. The van der Waals surface area contributed by atoms with E-state index in [1.54, 1.807) is 17.6 Å². The molecule has 0 spiro atoms. The van der Waals surface area contributed by atoms with Crippen molar-refractivity contribution >= 4 is 41.3 Å². The second kappa shape index (κ2) is 9.78. The fourth-order valence-electron chi connectivity index (χ4n) is 2.63. The van der Waals surface area contributed by atoms with Gasteiger partial charge in [-0.05, 0) is 36.1 Å². The number of ether oxygens (including phenoxy) is 2. The summed E-state index contributed by atoms with van der Waals surface area (Å²) in [5.74, 6) is 2.91. The van der Waals surface area contributed by atoms with E-state index in [2.05, 4.69) is 20.6 Å². The second-order valence-electron chi connectivity index (χ2n) is 5.86. The Balaban J connectivity index is 0.00000225. The Bertz CT molecular complexity index is 927. The summed E-state index contributed by atoms with van der Waals surface area (Å²) in [6, 6.07) is 9.83. The smallest absolute Gasteiger partial charge is 0.236 e. The molecule has 3 heterocycles. The lowest BCUT2D eigenvalue weighted by Gasteiger charge is -2.10. The first kappa shape index (κ1) is 20.5. The van der Waals surface area contributed by atoms with Crippen LogP contribution in [0.4, 0.5) is 0 Å². The zero-order valence-corrected chi connectivity index (χ0v) is 18.5. The number of aromatic nitrogens is 1. The largest absolute Gasteiger partial charge is 0.454 e. The molecule has 0 fully saturated rings. The second-order valence-corrected chi connectivity index (χ2v) is 6.81.